The largest absolute Gasteiger partial charge is 0.504 e. The molecule has 6 heteroatoms. The van der Waals surface area contributed by atoms with Crippen LogP contribution in [0.5, 0.6) is 5.75 Å². The maximum Gasteiger partial charge on any atom is 0.494 e. The molecule has 0 spiro atoms. The van der Waals surface area contributed by atoms with Crippen molar-refractivity contribution < 1.29 is 18.8 Å². The van der Waals surface area contributed by atoms with Gasteiger partial charge in [-0.1, -0.05) is 0 Å². The summed E-state index contributed by atoms with van der Waals surface area (Å²) in [5.74, 6) is -1.51. The first-order valence-corrected chi connectivity index (χ1v) is 5.96. The van der Waals surface area contributed by atoms with E-state index in [0.29, 0.717) is 5.46 Å². The van der Waals surface area contributed by atoms with E-state index in [0.717, 1.165) is 6.07 Å². The van der Waals surface area contributed by atoms with Gasteiger partial charge in [0.15, 0.2) is 11.6 Å². The molecule has 0 aliphatic carbocycles. The average molecular weight is 263 g/mol. The van der Waals surface area contributed by atoms with Crippen LogP contribution in [-0.2, 0) is 9.31 Å². The molecule has 19 heavy (non-hydrogen) atoms. The Morgan fingerprint density at radius 2 is 1.74 bits per heavy atom. The molecule has 0 saturated carbocycles. The number of phenols is 1. The topological polar surface area (TPSA) is 62.5 Å². The van der Waals surface area contributed by atoms with Crippen molar-refractivity contribution >= 4 is 12.6 Å². The predicted molar refractivity (Wildman–Crippen MR) is 68.5 cm³/mol. The van der Waals surface area contributed by atoms with Crippen molar-refractivity contribution in [3.05, 3.63) is 23.5 Å². The third kappa shape index (κ3) is 2.20. The van der Waals surface area contributed by atoms with Crippen molar-refractivity contribution in [3.8, 4) is 11.8 Å². The molecule has 1 heterocycles. The van der Waals surface area contributed by atoms with E-state index in [-0.39, 0.29) is 5.56 Å². The molecule has 0 unspecified atom stereocenters. The number of aromatic hydroxyl groups is 1. The zero-order valence-electron chi connectivity index (χ0n) is 11.3. The van der Waals surface area contributed by atoms with Gasteiger partial charge in [0.05, 0.1) is 16.8 Å². The zero-order valence-corrected chi connectivity index (χ0v) is 11.3. The van der Waals surface area contributed by atoms with E-state index in [4.69, 9.17) is 14.6 Å². The molecule has 0 amide bonds. The molecular formula is C13H15BFNO3. The van der Waals surface area contributed by atoms with Gasteiger partial charge in [-0.15, -0.1) is 0 Å². The molecule has 0 aromatic heterocycles. The van der Waals surface area contributed by atoms with Gasteiger partial charge in [0.25, 0.3) is 0 Å². The summed E-state index contributed by atoms with van der Waals surface area (Å²) in [7, 11) is -0.757. The Morgan fingerprint density at radius 3 is 2.21 bits per heavy atom. The van der Waals surface area contributed by atoms with Crippen LogP contribution in [0, 0.1) is 17.1 Å². The summed E-state index contributed by atoms with van der Waals surface area (Å²) in [5.41, 5.74) is -0.840. The van der Waals surface area contributed by atoms with Crippen molar-refractivity contribution in [2.75, 3.05) is 0 Å². The lowest BCUT2D eigenvalue weighted by molar-refractivity contribution is 0.00578. The van der Waals surface area contributed by atoms with Crippen molar-refractivity contribution in [2.45, 2.75) is 38.9 Å². The van der Waals surface area contributed by atoms with Crippen LogP contribution in [0.3, 0.4) is 0 Å². The molecule has 1 N–H and O–H groups in total. The predicted octanol–water partition coefficient (Wildman–Crippen LogP) is 1.70. The molecule has 100 valence electrons. The number of rotatable bonds is 1. The SMILES string of the molecule is CC1(C)OB(c2cc(F)c(O)c(C#N)c2)OC1(C)C. The molecule has 0 atom stereocenters. The van der Waals surface area contributed by atoms with Crippen LogP contribution in [-0.4, -0.2) is 23.4 Å². The second kappa shape index (κ2) is 4.22. The van der Waals surface area contributed by atoms with Crippen molar-refractivity contribution in [1.82, 2.24) is 0 Å². The molecule has 1 aromatic carbocycles. The standard InChI is InChI=1S/C13H15BFNO3/c1-12(2)13(3,4)19-14(18-12)9-5-8(7-16)11(17)10(15)6-9/h5-6,17H,1-4H3. The molecule has 1 saturated heterocycles. The van der Waals surface area contributed by atoms with Crippen molar-refractivity contribution in [1.29, 1.82) is 5.26 Å². The normalized spacial score (nSPS) is 20.3. The maximum absolute atomic E-state index is 13.6. The van der Waals surface area contributed by atoms with Gasteiger partial charge in [0.1, 0.15) is 6.07 Å². The van der Waals surface area contributed by atoms with Gasteiger partial charge in [0.2, 0.25) is 0 Å². The second-order valence-electron chi connectivity index (χ2n) is 5.60. The fourth-order valence-corrected chi connectivity index (χ4v) is 1.82. The Bertz CT molecular complexity index is 550. The Balaban J connectivity index is 2.41. The molecule has 1 aliphatic rings. The minimum atomic E-state index is -0.858. The second-order valence-corrected chi connectivity index (χ2v) is 5.60. The highest BCUT2D eigenvalue weighted by Gasteiger charge is 2.51. The number of nitrogens with zero attached hydrogens (tertiary/aromatic N) is 1. The summed E-state index contributed by atoms with van der Waals surface area (Å²) >= 11 is 0. The Labute approximate surface area is 111 Å². The van der Waals surface area contributed by atoms with E-state index in [1.165, 1.54) is 6.07 Å². The maximum atomic E-state index is 13.6. The summed E-state index contributed by atoms with van der Waals surface area (Å²) in [6.07, 6.45) is 0. The van der Waals surface area contributed by atoms with Crippen LogP contribution in [0.1, 0.15) is 33.3 Å². The first kappa shape index (κ1) is 13.8. The summed E-state index contributed by atoms with van der Waals surface area (Å²) in [4.78, 5) is 0. The van der Waals surface area contributed by atoms with Crippen LogP contribution < -0.4 is 5.46 Å². The lowest BCUT2D eigenvalue weighted by Crippen LogP contribution is -2.41. The first-order valence-electron chi connectivity index (χ1n) is 5.96. The molecular weight excluding hydrogens is 248 g/mol. The van der Waals surface area contributed by atoms with Gasteiger partial charge in [-0.05, 0) is 45.3 Å². The van der Waals surface area contributed by atoms with E-state index < -0.39 is 29.9 Å². The number of nitriles is 1. The zero-order chi connectivity index (χ0) is 14.4. The number of phenolic OH excluding ortho intramolecular Hbond substituents is 1. The van der Waals surface area contributed by atoms with Crippen LogP contribution >= 0.6 is 0 Å². The van der Waals surface area contributed by atoms with E-state index in [1.807, 2.05) is 27.7 Å². The average Bonchev–Trinajstić information content (AvgIpc) is 2.52. The van der Waals surface area contributed by atoms with E-state index >= 15 is 0 Å². The highest BCUT2D eigenvalue weighted by atomic mass is 19.1. The number of halogens is 1. The van der Waals surface area contributed by atoms with Crippen LogP contribution in [0.15, 0.2) is 12.1 Å². The Kier molecular flexibility index (Phi) is 3.08. The molecule has 1 aromatic rings. The highest BCUT2D eigenvalue weighted by Crippen LogP contribution is 2.36. The quantitative estimate of drug-likeness (QED) is 0.783. The third-order valence-corrected chi connectivity index (χ3v) is 3.73. The summed E-state index contributed by atoms with van der Waals surface area (Å²) in [6, 6.07) is 4.24. The van der Waals surface area contributed by atoms with E-state index in [2.05, 4.69) is 0 Å². The lowest BCUT2D eigenvalue weighted by atomic mass is 9.78. The van der Waals surface area contributed by atoms with Gasteiger partial charge in [-0.2, -0.15) is 5.26 Å². The molecule has 4 nitrogen and oxygen atoms in total. The van der Waals surface area contributed by atoms with Crippen LogP contribution in [0.25, 0.3) is 0 Å². The molecule has 0 bridgehead atoms. The number of benzene rings is 1. The Hall–Kier alpha value is -1.58. The van der Waals surface area contributed by atoms with Gasteiger partial charge in [0, 0.05) is 0 Å². The first-order chi connectivity index (χ1) is 8.68. The van der Waals surface area contributed by atoms with Gasteiger partial charge < -0.3 is 14.4 Å². The summed E-state index contributed by atoms with van der Waals surface area (Å²) < 4.78 is 25.1. The molecule has 2 rings (SSSR count). The smallest absolute Gasteiger partial charge is 0.494 e. The van der Waals surface area contributed by atoms with E-state index in [9.17, 15) is 9.50 Å². The van der Waals surface area contributed by atoms with E-state index in [1.54, 1.807) is 6.07 Å². The molecule has 1 aliphatic heterocycles. The number of hydrogen-bond donors (Lipinski definition) is 1. The van der Waals surface area contributed by atoms with Gasteiger partial charge in [-0.25, -0.2) is 4.39 Å². The van der Waals surface area contributed by atoms with Crippen molar-refractivity contribution in [3.63, 3.8) is 0 Å². The minimum absolute atomic E-state index is 0.135. The molecule has 0 radical (unpaired) electrons. The van der Waals surface area contributed by atoms with Crippen molar-refractivity contribution in [2.24, 2.45) is 0 Å². The molecule has 1 fully saturated rings. The summed E-state index contributed by atoms with van der Waals surface area (Å²) in [6.45, 7) is 7.54. The van der Waals surface area contributed by atoms with Gasteiger partial charge in [-0.3, -0.25) is 0 Å². The fraction of sp³-hybridized carbons (Fsp3) is 0.462. The monoisotopic (exact) mass is 263 g/mol. The van der Waals surface area contributed by atoms with Crippen LogP contribution in [0.4, 0.5) is 4.39 Å². The lowest BCUT2D eigenvalue weighted by Gasteiger charge is -2.32. The minimum Gasteiger partial charge on any atom is -0.504 e. The fourth-order valence-electron chi connectivity index (χ4n) is 1.82. The highest BCUT2D eigenvalue weighted by molar-refractivity contribution is 6.62. The Morgan fingerprint density at radius 1 is 1.21 bits per heavy atom. The van der Waals surface area contributed by atoms with Gasteiger partial charge >= 0.3 is 7.12 Å². The van der Waals surface area contributed by atoms with Crippen LogP contribution in [0.2, 0.25) is 0 Å². The third-order valence-electron chi connectivity index (χ3n) is 3.73. The number of hydrogen-bond acceptors (Lipinski definition) is 4. The summed E-state index contributed by atoms with van der Waals surface area (Å²) in [5, 5.41) is 18.2.